The maximum Gasteiger partial charge on any atom is 0.328 e. The first kappa shape index (κ1) is 15.1. The van der Waals surface area contributed by atoms with Crippen LogP contribution in [0.4, 0.5) is 0 Å². The van der Waals surface area contributed by atoms with Gasteiger partial charge in [-0.15, -0.1) is 0 Å². The van der Waals surface area contributed by atoms with Crippen molar-refractivity contribution in [2.24, 2.45) is 4.99 Å². The van der Waals surface area contributed by atoms with E-state index in [1.165, 1.54) is 0 Å². The van der Waals surface area contributed by atoms with Gasteiger partial charge in [0.05, 0.1) is 0 Å². The molecule has 0 spiro atoms. The highest BCUT2D eigenvalue weighted by Gasteiger charge is 2.19. The van der Waals surface area contributed by atoms with Crippen molar-refractivity contribution in [2.75, 3.05) is 0 Å². The minimum absolute atomic E-state index is 0.0163. The second-order valence-electron chi connectivity index (χ2n) is 5.18. The van der Waals surface area contributed by atoms with Crippen LogP contribution >= 0.6 is 0 Å². The Labute approximate surface area is 111 Å². The van der Waals surface area contributed by atoms with Gasteiger partial charge in [0, 0.05) is 12.0 Å². The highest BCUT2D eigenvalue weighted by Crippen LogP contribution is 2.12. The van der Waals surface area contributed by atoms with Crippen molar-refractivity contribution >= 4 is 12.1 Å². The van der Waals surface area contributed by atoms with Crippen molar-refractivity contribution in [3.63, 3.8) is 0 Å². The molecule has 19 heavy (non-hydrogen) atoms. The summed E-state index contributed by atoms with van der Waals surface area (Å²) in [4.78, 5) is 14.6. The maximum atomic E-state index is 11.5. The molecule has 0 saturated heterocycles. The average Bonchev–Trinajstić information content (AvgIpc) is 2.60. The van der Waals surface area contributed by atoms with Crippen LogP contribution in [0.15, 0.2) is 21.5 Å². The van der Waals surface area contributed by atoms with Crippen molar-refractivity contribution in [1.82, 2.24) is 0 Å². The zero-order chi connectivity index (χ0) is 14.6. The van der Waals surface area contributed by atoms with E-state index >= 15 is 0 Å². The first-order valence-electron chi connectivity index (χ1n) is 5.89. The van der Waals surface area contributed by atoms with E-state index in [0.717, 1.165) is 0 Å². The number of carbonyl (C=O) groups is 1. The summed E-state index contributed by atoms with van der Waals surface area (Å²) in [6, 6.07) is 2.18. The zero-order valence-corrected chi connectivity index (χ0v) is 11.5. The van der Waals surface area contributed by atoms with E-state index in [1.54, 1.807) is 39.8 Å². The molecule has 0 radical (unpaired) electrons. The van der Waals surface area contributed by atoms with Crippen molar-refractivity contribution in [3.05, 3.63) is 23.7 Å². The Balaban J connectivity index is 2.78. The minimum atomic E-state index is -1.21. The van der Waals surface area contributed by atoms with E-state index in [9.17, 15) is 9.90 Å². The Morgan fingerprint density at radius 2 is 2.16 bits per heavy atom. The number of furan rings is 1. The molecule has 1 aromatic heterocycles. The number of nitrogens with zero attached hydrogens (tertiary/aromatic N) is 1. The number of aliphatic carboxylic acids is 1. The van der Waals surface area contributed by atoms with Crippen LogP contribution in [0.1, 0.15) is 32.3 Å². The predicted molar refractivity (Wildman–Crippen MR) is 66.8 cm³/mol. The number of ether oxygens (including phenoxy) is 1. The summed E-state index contributed by atoms with van der Waals surface area (Å²) < 4.78 is 10.2. The van der Waals surface area contributed by atoms with Crippen LogP contribution in [0, 0.1) is 6.92 Å². The first-order chi connectivity index (χ1) is 8.67. The topological polar surface area (TPSA) is 95.1 Å². The quantitative estimate of drug-likeness (QED) is 0.652. The maximum absolute atomic E-state index is 11.5. The van der Waals surface area contributed by atoms with E-state index < -0.39 is 23.7 Å². The molecule has 6 heteroatoms. The van der Waals surface area contributed by atoms with Crippen LogP contribution in [0.5, 0.6) is 0 Å². The summed E-state index contributed by atoms with van der Waals surface area (Å²) in [5.74, 6) is -0.0477. The van der Waals surface area contributed by atoms with Crippen LogP contribution in [-0.2, 0) is 16.0 Å². The molecule has 1 atom stereocenters. The van der Waals surface area contributed by atoms with Gasteiger partial charge in [-0.3, -0.25) is 4.99 Å². The Morgan fingerprint density at radius 1 is 1.53 bits per heavy atom. The Morgan fingerprint density at radius 3 is 2.58 bits per heavy atom. The van der Waals surface area contributed by atoms with E-state index in [0.29, 0.717) is 11.5 Å². The number of rotatable bonds is 4. The second-order valence-corrected chi connectivity index (χ2v) is 5.18. The van der Waals surface area contributed by atoms with E-state index in [-0.39, 0.29) is 6.42 Å². The molecule has 0 saturated carbocycles. The van der Waals surface area contributed by atoms with Crippen LogP contribution in [-0.4, -0.2) is 28.8 Å². The Hall–Kier alpha value is -1.98. The van der Waals surface area contributed by atoms with Crippen LogP contribution in [0.2, 0.25) is 0 Å². The first-order valence-corrected chi connectivity index (χ1v) is 5.89. The average molecular weight is 268 g/mol. The van der Waals surface area contributed by atoms with Gasteiger partial charge in [-0.25, -0.2) is 4.79 Å². The summed E-state index contributed by atoms with van der Waals surface area (Å²) >= 11 is 0. The molecule has 6 nitrogen and oxygen atoms in total. The summed E-state index contributed by atoms with van der Waals surface area (Å²) in [6.45, 7) is 6.81. The van der Waals surface area contributed by atoms with E-state index in [1.807, 2.05) is 0 Å². The lowest BCUT2D eigenvalue weighted by molar-refractivity contribution is -0.261. The normalized spacial score (nSPS) is 14.2. The fourth-order valence-corrected chi connectivity index (χ4v) is 1.39. The molecule has 0 bridgehead atoms. The highest BCUT2D eigenvalue weighted by atomic mass is 16.6. The molecule has 0 aromatic carbocycles. The molecule has 0 aliphatic carbocycles. The summed E-state index contributed by atoms with van der Waals surface area (Å²) in [5, 5.41) is 20.5. The van der Waals surface area contributed by atoms with Gasteiger partial charge >= 0.3 is 5.97 Å². The summed E-state index contributed by atoms with van der Waals surface area (Å²) in [6.07, 6.45) is -0.870. The van der Waals surface area contributed by atoms with Crippen molar-refractivity contribution < 1.29 is 24.2 Å². The fraction of sp³-hybridized carbons (Fsp3) is 0.538. The van der Waals surface area contributed by atoms with Crippen molar-refractivity contribution in [1.29, 1.82) is 0 Å². The zero-order valence-electron chi connectivity index (χ0n) is 11.5. The van der Waals surface area contributed by atoms with Gasteiger partial charge in [0.15, 0.2) is 6.04 Å². The molecule has 0 aliphatic heterocycles. The van der Waals surface area contributed by atoms with Crippen LogP contribution in [0.25, 0.3) is 0 Å². The minimum Gasteiger partial charge on any atom is -0.595 e. The summed E-state index contributed by atoms with van der Waals surface area (Å²) in [7, 11) is 0. The third-order valence-electron chi connectivity index (χ3n) is 2.13. The number of aliphatic imine (C=N–C) groups is 1. The van der Waals surface area contributed by atoms with E-state index in [4.69, 9.17) is 14.3 Å². The third kappa shape index (κ3) is 5.46. The number of hydrogen-bond donors (Lipinski definition) is 1. The molecule has 0 unspecified atom stereocenters. The second kappa shape index (κ2) is 5.77. The molecular weight excluding hydrogens is 250 g/mol. The highest BCUT2D eigenvalue weighted by molar-refractivity contribution is 5.77. The van der Waals surface area contributed by atoms with Crippen LogP contribution in [0.3, 0.4) is 0 Å². The Kier molecular flexibility index (Phi) is 4.58. The van der Waals surface area contributed by atoms with Gasteiger partial charge in [0.2, 0.25) is 0 Å². The fourth-order valence-electron chi connectivity index (χ4n) is 1.39. The van der Waals surface area contributed by atoms with Gasteiger partial charge in [-0.2, -0.15) is 0 Å². The molecule has 1 rings (SSSR count). The molecule has 1 N–H and O–H groups in total. The molecular formula is C13H18NO5-. The van der Waals surface area contributed by atoms with Gasteiger partial charge < -0.3 is 19.4 Å². The molecule has 0 amide bonds. The standard InChI is InChI=1S/C13H19NO5/c1-8-5-6-9(18-8)7-10(11(15)16)14-12(17)19-13(2,3)4/h5-6,10H,7H2,1-4H3,(H,14,17)(H,15,16)/p-1/t10-/m0/s1. The smallest absolute Gasteiger partial charge is 0.328 e. The largest absolute Gasteiger partial charge is 0.595 e. The third-order valence-corrected chi connectivity index (χ3v) is 2.13. The lowest BCUT2D eigenvalue weighted by Crippen LogP contribution is -2.34. The van der Waals surface area contributed by atoms with Crippen LogP contribution < -0.4 is 5.11 Å². The van der Waals surface area contributed by atoms with E-state index in [2.05, 4.69) is 4.99 Å². The molecule has 106 valence electrons. The monoisotopic (exact) mass is 268 g/mol. The summed E-state index contributed by atoms with van der Waals surface area (Å²) in [5.41, 5.74) is -0.703. The van der Waals surface area contributed by atoms with Gasteiger partial charge in [-0.1, -0.05) is 20.8 Å². The number of carboxylic acid groups (broad SMARTS) is 1. The molecule has 1 heterocycles. The number of hydrogen-bond acceptors (Lipinski definition) is 5. The van der Waals surface area contributed by atoms with Crippen molar-refractivity contribution in [3.8, 4) is 0 Å². The van der Waals surface area contributed by atoms with Gasteiger partial charge in [0.1, 0.15) is 17.6 Å². The lowest BCUT2D eigenvalue weighted by atomic mass is 10.2. The predicted octanol–water partition coefficient (Wildman–Crippen LogP) is 1.12. The molecule has 0 fully saturated rings. The van der Waals surface area contributed by atoms with Gasteiger partial charge in [-0.05, 0) is 19.1 Å². The molecule has 0 aliphatic rings. The SMILES string of the molecule is Cc1ccc(C[C@H](N=C([O-])OC(C)(C)C)C(=O)O)o1. The van der Waals surface area contributed by atoms with Gasteiger partial charge in [0.25, 0.3) is 0 Å². The lowest BCUT2D eigenvalue weighted by Gasteiger charge is -2.29. The molecule has 1 aromatic rings. The van der Waals surface area contributed by atoms with Crippen molar-refractivity contribution in [2.45, 2.75) is 45.8 Å². The number of aryl methyl sites for hydroxylation is 1. The number of carboxylic acids is 1. The Bertz CT molecular complexity index is 470.